The maximum absolute atomic E-state index is 12.9. The van der Waals surface area contributed by atoms with Crippen molar-refractivity contribution in [3.63, 3.8) is 0 Å². The van der Waals surface area contributed by atoms with E-state index in [4.69, 9.17) is 5.11 Å². The van der Waals surface area contributed by atoms with E-state index in [1.807, 2.05) is 0 Å². The van der Waals surface area contributed by atoms with Crippen LogP contribution in [0.2, 0.25) is 0 Å². The molecule has 0 saturated carbocycles. The maximum Gasteiger partial charge on any atom is 0.324 e. The van der Waals surface area contributed by atoms with Crippen LogP contribution >= 0.6 is 0 Å². The molecule has 0 atom stereocenters. The fraction of sp³-hybridized carbons (Fsp3) is 0.133. The number of aryl methyl sites for hydroxylation is 1. The molecule has 0 amide bonds. The summed E-state index contributed by atoms with van der Waals surface area (Å²) in [7, 11) is -4.48. The Kier molecular flexibility index (Phi) is 5.40. The molecular weight excluding hydrogens is 382 g/mol. The van der Waals surface area contributed by atoms with Gasteiger partial charge in [0.25, 0.3) is 21.4 Å². The first-order valence-electron chi connectivity index (χ1n) is 7.28. The van der Waals surface area contributed by atoms with Crippen molar-refractivity contribution < 1.29 is 28.2 Å². The standard InChI is InChI=1S/C15H13N3O8S/c1-10-7-12(18(23)24)5-6-14(10)16(9-15(19)20)27(25,26)13-4-2-3-11(8-13)17(21)22/h2-8H,9H2,1H3,(H,19,20). The first-order chi connectivity index (χ1) is 12.5. The average molecular weight is 395 g/mol. The number of nitro groups is 2. The molecule has 0 spiro atoms. The summed E-state index contributed by atoms with van der Waals surface area (Å²) < 4.78 is 26.4. The third-order valence-corrected chi connectivity index (χ3v) is 5.31. The van der Waals surface area contributed by atoms with Crippen molar-refractivity contribution in [3.8, 4) is 0 Å². The minimum atomic E-state index is -4.48. The van der Waals surface area contributed by atoms with Gasteiger partial charge in [0, 0.05) is 24.3 Å². The number of nitrogens with zero attached hydrogens (tertiary/aromatic N) is 3. The van der Waals surface area contributed by atoms with Crippen molar-refractivity contribution in [2.75, 3.05) is 10.8 Å². The lowest BCUT2D eigenvalue weighted by Gasteiger charge is -2.24. The Labute approximate surface area is 152 Å². The predicted octanol–water partition coefficient (Wildman–Crippen LogP) is 2.09. The van der Waals surface area contributed by atoms with Crippen LogP contribution in [0.15, 0.2) is 47.4 Å². The van der Waals surface area contributed by atoms with Crippen LogP contribution in [0.3, 0.4) is 0 Å². The van der Waals surface area contributed by atoms with Gasteiger partial charge in [0.05, 0.1) is 20.4 Å². The Morgan fingerprint density at radius 1 is 1.07 bits per heavy atom. The molecule has 2 aromatic rings. The minimum Gasteiger partial charge on any atom is -0.480 e. The van der Waals surface area contributed by atoms with Crippen molar-refractivity contribution in [2.24, 2.45) is 0 Å². The summed E-state index contributed by atoms with van der Waals surface area (Å²) >= 11 is 0. The van der Waals surface area contributed by atoms with E-state index in [0.29, 0.717) is 4.31 Å². The maximum atomic E-state index is 12.9. The number of hydrogen-bond donors (Lipinski definition) is 1. The second-order valence-electron chi connectivity index (χ2n) is 5.39. The van der Waals surface area contributed by atoms with Gasteiger partial charge in [-0.25, -0.2) is 8.42 Å². The monoisotopic (exact) mass is 395 g/mol. The molecule has 0 aliphatic rings. The van der Waals surface area contributed by atoms with Crippen LogP contribution in [-0.2, 0) is 14.8 Å². The van der Waals surface area contributed by atoms with Gasteiger partial charge in [0.2, 0.25) is 0 Å². The topological polar surface area (TPSA) is 161 Å². The summed E-state index contributed by atoms with van der Waals surface area (Å²) in [6, 6.07) is 7.42. The molecule has 2 aromatic carbocycles. The Morgan fingerprint density at radius 3 is 2.19 bits per heavy atom. The van der Waals surface area contributed by atoms with E-state index in [1.54, 1.807) is 0 Å². The second-order valence-corrected chi connectivity index (χ2v) is 7.25. The highest BCUT2D eigenvalue weighted by molar-refractivity contribution is 7.92. The number of non-ortho nitro benzene ring substituents is 2. The third kappa shape index (κ3) is 4.17. The van der Waals surface area contributed by atoms with Crippen LogP contribution in [0.5, 0.6) is 0 Å². The lowest BCUT2D eigenvalue weighted by Crippen LogP contribution is -2.36. The number of carbonyl (C=O) groups is 1. The van der Waals surface area contributed by atoms with Gasteiger partial charge < -0.3 is 5.11 Å². The third-order valence-electron chi connectivity index (χ3n) is 3.56. The SMILES string of the molecule is Cc1cc([N+](=O)[O-])ccc1N(CC(=O)O)S(=O)(=O)c1cccc([N+](=O)[O-])c1. The molecule has 0 unspecified atom stereocenters. The van der Waals surface area contributed by atoms with Crippen LogP contribution in [-0.4, -0.2) is 35.9 Å². The zero-order chi connectivity index (χ0) is 20.4. The molecule has 2 rings (SSSR count). The van der Waals surface area contributed by atoms with Gasteiger partial charge in [-0.1, -0.05) is 6.07 Å². The summed E-state index contributed by atoms with van der Waals surface area (Å²) in [6.45, 7) is 0.420. The highest BCUT2D eigenvalue weighted by atomic mass is 32.2. The Morgan fingerprint density at radius 2 is 1.67 bits per heavy atom. The smallest absolute Gasteiger partial charge is 0.324 e. The fourth-order valence-electron chi connectivity index (χ4n) is 2.34. The van der Waals surface area contributed by atoms with Crippen LogP contribution in [0.1, 0.15) is 5.56 Å². The summed E-state index contributed by atoms with van der Waals surface area (Å²) in [5.41, 5.74) is -0.708. The average Bonchev–Trinajstić information content (AvgIpc) is 2.59. The largest absolute Gasteiger partial charge is 0.480 e. The summed E-state index contributed by atoms with van der Waals surface area (Å²) in [4.78, 5) is 31.0. The Balaban J connectivity index is 2.62. The molecular formula is C15H13N3O8S. The molecule has 0 saturated heterocycles. The molecule has 27 heavy (non-hydrogen) atoms. The van der Waals surface area contributed by atoms with Crippen LogP contribution in [0.4, 0.5) is 17.1 Å². The number of hydrogen-bond acceptors (Lipinski definition) is 7. The first kappa shape index (κ1) is 19.8. The first-order valence-corrected chi connectivity index (χ1v) is 8.72. The molecule has 0 aromatic heterocycles. The van der Waals surface area contributed by atoms with Gasteiger partial charge in [0.1, 0.15) is 6.54 Å². The molecule has 1 N–H and O–H groups in total. The number of sulfonamides is 1. The van der Waals surface area contributed by atoms with Crippen molar-refractivity contribution >= 4 is 33.1 Å². The number of aliphatic carboxylic acids is 1. The molecule has 0 bridgehead atoms. The zero-order valence-corrected chi connectivity index (χ0v) is 14.6. The van der Waals surface area contributed by atoms with E-state index in [1.165, 1.54) is 6.92 Å². The molecule has 11 nitrogen and oxygen atoms in total. The van der Waals surface area contributed by atoms with E-state index in [0.717, 1.165) is 42.5 Å². The molecule has 0 heterocycles. The molecule has 0 radical (unpaired) electrons. The molecule has 0 aliphatic heterocycles. The number of anilines is 1. The van der Waals surface area contributed by atoms with Crippen molar-refractivity contribution in [1.82, 2.24) is 0 Å². The lowest BCUT2D eigenvalue weighted by atomic mass is 10.2. The van der Waals surface area contributed by atoms with E-state index in [2.05, 4.69) is 0 Å². The van der Waals surface area contributed by atoms with E-state index in [-0.39, 0.29) is 16.9 Å². The predicted molar refractivity (Wildman–Crippen MR) is 93.1 cm³/mol. The summed E-state index contributed by atoms with van der Waals surface area (Å²) in [6.07, 6.45) is 0. The van der Waals surface area contributed by atoms with E-state index >= 15 is 0 Å². The molecule has 142 valence electrons. The number of benzene rings is 2. The van der Waals surface area contributed by atoms with Gasteiger partial charge in [-0.05, 0) is 24.6 Å². The van der Waals surface area contributed by atoms with Crippen molar-refractivity contribution in [3.05, 3.63) is 68.3 Å². The minimum absolute atomic E-state index is 0.0884. The van der Waals surface area contributed by atoms with Crippen molar-refractivity contribution in [2.45, 2.75) is 11.8 Å². The zero-order valence-electron chi connectivity index (χ0n) is 13.8. The molecule has 0 aliphatic carbocycles. The normalized spacial score (nSPS) is 11.0. The van der Waals surface area contributed by atoms with Crippen LogP contribution in [0, 0.1) is 27.2 Å². The Hall–Kier alpha value is -3.54. The van der Waals surface area contributed by atoms with Crippen LogP contribution in [0.25, 0.3) is 0 Å². The highest BCUT2D eigenvalue weighted by Gasteiger charge is 2.30. The Bertz CT molecular complexity index is 1040. The number of carboxylic acids is 1. The van der Waals surface area contributed by atoms with Crippen LogP contribution < -0.4 is 4.31 Å². The van der Waals surface area contributed by atoms with Gasteiger partial charge >= 0.3 is 5.97 Å². The lowest BCUT2D eigenvalue weighted by molar-refractivity contribution is -0.385. The van der Waals surface area contributed by atoms with Gasteiger partial charge in [-0.3, -0.25) is 29.3 Å². The number of nitro benzene ring substituents is 2. The fourth-order valence-corrected chi connectivity index (χ4v) is 3.86. The van der Waals surface area contributed by atoms with Gasteiger partial charge in [-0.15, -0.1) is 0 Å². The van der Waals surface area contributed by atoms with Gasteiger partial charge in [-0.2, -0.15) is 0 Å². The molecule has 12 heteroatoms. The number of carboxylic acid groups (broad SMARTS) is 1. The van der Waals surface area contributed by atoms with Crippen molar-refractivity contribution in [1.29, 1.82) is 0 Å². The summed E-state index contributed by atoms with van der Waals surface area (Å²) in [5.74, 6) is -1.47. The van der Waals surface area contributed by atoms with E-state index in [9.17, 15) is 33.4 Å². The number of rotatable bonds is 7. The second kappa shape index (κ2) is 7.37. The quantitative estimate of drug-likeness (QED) is 0.550. The highest BCUT2D eigenvalue weighted by Crippen LogP contribution is 2.30. The molecule has 0 fully saturated rings. The van der Waals surface area contributed by atoms with Gasteiger partial charge in [0.15, 0.2) is 0 Å². The summed E-state index contributed by atoms with van der Waals surface area (Å²) in [5, 5.41) is 30.8. The van der Waals surface area contributed by atoms with E-state index < -0.39 is 43.0 Å².